The molecule has 0 saturated heterocycles. The molecule has 0 N–H and O–H groups in total. The second kappa shape index (κ2) is 4.21. The van der Waals surface area contributed by atoms with E-state index in [1.165, 1.54) is 0 Å². The van der Waals surface area contributed by atoms with Gasteiger partial charge in [0.05, 0.1) is 16.1 Å². The van der Waals surface area contributed by atoms with Gasteiger partial charge in [-0.2, -0.15) is 26.3 Å². The number of halogens is 7. The molecule has 0 aliphatic rings. The maximum absolute atomic E-state index is 12.3. The molecule has 0 fully saturated rings. The normalized spacial score (nSPS) is 12.6. The van der Waals surface area contributed by atoms with Gasteiger partial charge in [0, 0.05) is 5.56 Å². The number of hydrogen-bond acceptors (Lipinski definition) is 1. The van der Waals surface area contributed by atoms with Gasteiger partial charge in [0.1, 0.15) is 0 Å². The standard InChI is InChI=1S/C9H3ClF6O/c10-7-4(3-17)5(8(11,12)13)1-2-6(7)9(14,15)16/h1-3H. The molecule has 0 amide bonds. The number of alkyl halides is 6. The summed E-state index contributed by atoms with van der Waals surface area (Å²) >= 11 is 5.15. The summed E-state index contributed by atoms with van der Waals surface area (Å²) in [4.78, 5) is 10.4. The van der Waals surface area contributed by atoms with Gasteiger partial charge in [0.25, 0.3) is 0 Å². The maximum Gasteiger partial charge on any atom is 0.417 e. The van der Waals surface area contributed by atoms with Crippen LogP contribution in [0.25, 0.3) is 0 Å². The first-order valence-electron chi connectivity index (χ1n) is 4.01. The lowest BCUT2D eigenvalue weighted by Crippen LogP contribution is -2.13. The van der Waals surface area contributed by atoms with Crippen molar-refractivity contribution in [2.24, 2.45) is 0 Å². The predicted octanol–water partition coefficient (Wildman–Crippen LogP) is 4.19. The molecule has 17 heavy (non-hydrogen) atoms. The molecule has 1 rings (SSSR count). The van der Waals surface area contributed by atoms with Crippen molar-refractivity contribution in [1.82, 2.24) is 0 Å². The summed E-state index contributed by atoms with van der Waals surface area (Å²) in [5.41, 5.74) is -4.19. The maximum atomic E-state index is 12.3. The van der Waals surface area contributed by atoms with Crippen LogP contribution >= 0.6 is 11.6 Å². The molecule has 1 aromatic carbocycles. The molecule has 1 aromatic rings. The van der Waals surface area contributed by atoms with Crippen molar-refractivity contribution in [1.29, 1.82) is 0 Å². The van der Waals surface area contributed by atoms with Crippen molar-refractivity contribution in [3.63, 3.8) is 0 Å². The molecule has 0 bridgehead atoms. The number of rotatable bonds is 1. The molecule has 1 nitrogen and oxygen atoms in total. The van der Waals surface area contributed by atoms with Crippen LogP contribution in [-0.2, 0) is 12.4 Å². The molecule has 94 valence electrons. The molecular formula is C9H3ClF6O. The summed E-state index contributed by atoms with van der Waals surface area (Å²) < 4.78 is 74.0. The topological polar surface area (TPSA) is 17.1 Å². The van der Waals surface area contributed by atoms with Crippen LogP contribution in [0, 0.1) is 0 Å². The lowest BCUT2D eigenvalue weighted by molar-refractivity contribution is -0.141. The van der Waals surface area contributed by atoms with E-state index in [0.29, 0.717) is 0 Å². The summed E-state index contributed by atoms with van der Waals surface area (Å²) in [6.45, 7) is 0. The van der Waals surface area contributed by atoms with Crippen LogP contribution in [0.5, 0.6) is 0 Å². The highest BCUT2D eigenvalue weighted by atomic mass is 35.5. The Morgan fingerprint density at radius 1 is 0.941 bits per heavy atom. The fourth-order valence-electron chi connectivity index (χ4n) is 1.17. The Bertz CT molecular complexity index is 448. The molecule has 0 saturated carbocycles. The van der Waals surface area contributed by atoms with Gasteiger partial charge in [-0.15, -0.1) is 0 Å². The molecule has 0 heterocycles. The molecular weight excluding hydrogens is 274 g/mol. The zero-order valence-corrected chi connectivity index (χ0v) is 8.54. The predicted molar refractivity (Wildman–Crippen MR) is 46.8 cm³/mol. The highest BCUT2D eigenvalue weighted by molar-refractivity contribution is 6.34. The van der Waals surface area contributed by atoms with E-state index < -0.39 is 34.1 Å². The third kappa shape index (κ3) is 2.71. The summed E-state index contributed by atoms with van der Waals surface area (Å²) in [6.07, 6.45) is -10.2. The van der Waals surface area contributed by atoms with Gasteiger partial charge in [-0.1, -0.05) is 11.6 Å². The Balaban J connectivity index is 3.54. The van der Waals surface area contributed by atoms with Crippen molar-refractivity contribution in [3.05, 3.63) is 33.8 Å². The van der Waals surface area contributed by atoms with Gasteiger partial charge in [-0.25, -0.2) is 0 Å². The first-order valence-corrected chi connectivity index (χ1v) is 4.39. The van der Waals surface area contributed by atoms with E-state index in [-0.39, 0.29) is 18.4 Å². The Morgan fingerprint density at radius 2 is 1.35 bits per heavy atom. The number of carbonyl (C=O) groups is 1. The van der Waals surface area contributed by atoms with Crippen molar-refractivity contribution < 1.29 is 31.1 Å². The highest BCUT2D eigenvalue weighted by Crippen LogP contribution is 2.41. The monoisotopic (exact) mass is 276 g/mol. The van der Waals surface area contributed by atoms with Crippen LogP contribution < -0.4 is 0 Å². The zero-order chi connectivity index (χ0) is 13.4. The van der Waals surface area contributed by atoms with Crippen molar-refractivity contribution in [2.45, 2.75) is 12.4 Å². The molecule has 8 heteroatoms. The summed E-state index contributed by atoms with van der Waals surface area (Å²) in [5.74, 6) is 0. The third-order valence-corrected chi connectivity index (χ3v) is 2.32. The Labute approximate surface area is 96.0 Å². The van der Waals surface area contributed by atoms with Crippen molar-refractivity contribution in [2.75, 3.05) is 0 Å². The van der Waals surface area contributed by atoms with Gasteiger partial charge in [-0.3, -0.25) is 4.79 Å². The number of benzene rings is 1. The molecule has 0 atom stereocenters. The van der Waals surface area contributed by atoms with Crippen LogP contribution in [-0.4, -0.2) is 6.29 Å². The van der Waals surface area contributed by atoms with Crippen molar-refractivity contribution in [3.8, 4) is 0 Å². The fraction of sp³-hybridized carbons (Fsp3) is 0.222. The fourth-order valence-corrected chi connectivity index (χ4v) is 1.49. The highest BCUT2D eigenvalue weighted by Gasteiger charge is 2.39. The van der Waals surface area contributed by atoms with Crippen LogP contribution in [0.3, 0.4) is 0 Å². The summed E-state index contributed by atoms with van der Waals surface area (Å²) in [5, 5.41) is -1.25. The lowest BCUT2D eigenvalue weighted by Gasteiger charge is -2.15. The van der Waals surface area contributed by atoms with E-state index >= 15 is 0 Å². The first-order chi connectivity index (χ1) is 7.59. The smallest absolute Gasteiger partial charge is 0.298 e. The molecule has 0 unspecified atom stereocenters. The van der Waals surface area contributed by atoms with E-state index in [4.69, 9.17) is 11.6 Å². The van der Waals surface area contributed by atoms with Crippen LogP contribution in [0.2, 0.25) is 5.02 Å². The second-order valence-electron chi connectivity index (χ2n) is 3.00. The third-order valence-electron chi connectivity index (χ3n) is 1.91. The minimum Gasteiger partial charge on any atom is -0.298 e. The summed E-state index contributed by atoms with van der Waals surface area (Å²) in [7, 11) is 0. The minimum absolute atomic E-state index is 0.179. The van der Waals surface area contributed by atoms with Gasteiger partial charge in [0.15, 0.2) is 6.29 Å². The van der Waals surface area contributed by atoms with Crippen molar-refractivity contribution >= 4 is 17.9 Å². The molecule has 0 aliphatic heterocycles. The Morgan fingerprint density at radius 3 is 1.71 bits per heavy atom. The van der Waals surface area contributed by atoms with E-state index in [0.717, 1.165) is 0 Å². The molecule has 0 spiro atoms. The van der Waals surface area contributed by atoms with Gasteiger partial charge >= 0.3 is 12.4 Å². The van der Waals surface area contributed by atoms with Gasteiger partial charge in [0.2, 0.25) is 0 Å². The number of hydrogen-bond donors (Lipinski definition) is 0. The zero-order valence-electron chi connectivity index (χ0n) is 7.79. The quantitative estimate of drug-likeness (QED) is 0.555. The number of carbonyl (C=O) groups excluding carboxylic acids is 1. The lowest BCUT2D eigenvalue weighted by atomic mass is 10.0. The van der Waals surface area contributed by atoms with E-state index in [1.807, 2.05) is 0 Å². The molecule has 0 radical (unpaired) electrons. The Hall–Kier alpha value is -1.24. The summed E-state index contributed by atoms with van der Waals surface area (Å²) in [6, 6.07) is 0.372. The average molecular weight is 277 g/mol. The SMILES string of the molecule is O=Cc1c(C(F)(F)F)ccc(C(F)(F)F)c1Cl. The van der Waals surface area contributed by atoms with E-state index in [1.54, 1.807) is 0 Å². The molecule has 0 aliphatic carbocycles. The Kier molecular flexibility index (Phi) is 3.42. The van der Waals surface area contributed by atoms with E-state index in [2.05, 4.69) is 0 Å². The van der Waals surface area contributed by atoms with Crippen LogP contribution in [0.4, 0.5) is 26.3 Å². The molecule has 0 aromatic heterocycles. The number of aldehydes is 1. The minimum atomic E-state index is -4.94. The first kappa shape index (κ1) is 13.8. The van der Waals surface area contributed by atoms with Gasteiger partial charge in [-0.05, 0) is 12.1 Å². The van der Waals surface area contributed by atoms with Gasteiger partial charge < -0.3 is 0 Å². The average Bonchev–Trinajstić information content (AvgIpc) is 2.13. The second-order valence-corrected chi connectivity index (χ2v) is 3.38. The largest absolute Gasteiger partial charge is 0.417 e. The van der Waals surface area contributed by atoms with Crippen LogP contribution in [0.1, 0.15) is 21.5 Å². The van der Waals surface area contributed by atoms with E-state index in [9.17, 15) is 31.1 Å². The van der Waals surface area contributed by atoms with Crippen LogP contribution in [0.15, 0.2) is 12.1 Å².